The topological polar surface area (TPSA) is 25.2 Å². The molecule has 1 atom stereocenters. The zero-order valence-electron chi connectivity index (χ0n) is 9.97. The van der Waals surface area contributed by atoms with Gasteiger partial charge in [-0.1, -0.05) is 13.8 Å². The highest BCUT2D eigenvalue weighted by Crippen LogP contribution is 2.36. The predicted molar refractivity (Wildman–Crippen MR) is 61.7 cm³/mol. The second kappa shape index (κ2) is 4.01. The number of furan rings is 1. The fourth-order valence-electron chi connectivity index (χ4n) is 2.43. The van der Waals surface area contributed by atoms with Crippen LogP contribution in [0.4, 0.5) is 0 Å². The Hall–Kier alpha value is -0.760. The molecule has 0 saturated heterocycles. The van der Waals surface area contributed by atoms with Crippen LogP contribution in [0.25, 0.3) is 0 Å². The average molecular weight is 207 g/mol. The van der Waals surface area contributed by atoms with Crippen LogP contribution in [-0.4, -0.2) is 6.04 Å². The van der Waals surface area contributed by atoms with Gasteiger partial charge in [0, 0.05) is 6.04 Å². The molecule has 1 unspecified atom stereocenters. The Morgan fingerprint density at radius 3 is 2.87 bits per heavy atom. The molecule has 2 nitrogen and oxygen atoms in total. The minimum atomic E-state index is 0.524. The molecule has 1 N–H and O–H groups in total. The standard InChI is InChI=1S/C13H21NO/c1-10-5-7-15-12(10)9-14-11-4-6-13(2,3)8-11/h5,7,11,14H,4,6,8-9H2,1-3H3. The van der Waals surface area contributed by atoms with Gasteiger partial charge >= 0.3 is 0 Å². The second-order valence-corrected chi connectivity index (χ2v) is 5.51. The van der Waals surface area contributed by atoms with Gasteiger partial charge in [0.25, 0.3) is 0 Å². The molecule has 0 radical (unpaired) electrons. The molecule has 0 bridgehead atoms. The van der Waals surface area contributed by atoms with Gasteiger partial charge in [0.2, 0.25) is 0 Å². The summed E-state index contributed by atoms with van der Waals surface area (Å²) >= 11 is 0. The first-order valence-corrected chi connectivity index (χ1v) is 5.83. The third kappa shape index (κ3) is 2.63. The van der Waals surface area contributed by atoms with Crippen LogP contribution in [0.3, 0.4) is 0 Å². The van der Waals surface area contributed by atoms with E-state index in [4.69, 9.17) is 4.42 Å². The van der Waals surface area contributed by atoms with Crippen molar-refractivity contribution in [3.05, 3.63) is 23.7 Å². The molecule has 1 aromatic rings. The monoisotopic (exact) mass is 207 g/mol. The molecule has 2 rings (SSSR count). The van der Waals surface area contributed by atoms with E-state index in [1.807, 2.05) is 6.07 Å². The van der Waals surface area contributed by atoms with Crippen LogP contribution < -0.4 is 5.32 Å². The van der Waals surface area contributed by atoms with Gasteiger partial charge in [0.1, 0.15) is 5.76 Å². The van der Waals surface area contributed by atoms with Crippen LogP contribution in [0.15, 0.2) is 16.7 Å². The summed E-state index contributed by atoms with van der Waals surface area (Å²) in [5.41, 5.74) is 1.77. The van der Waals surface area contributed by atoms with Crippen molar-refractivity contribution in [1.29, 1.82) is 0 Å². The van der Waals surface area contributed by atoms with Gasteiger partial charge in [0.15, 0.2) is 0 Å². The fourth-order valence-corrected chi connectivity index (χ4v) is 2.43. The lowest BCUT2D eigenvalue weighted by molar-refractivity contribution is 0.359. The molecule has 84 valence electrons. The third-order valence-electron chi connectivity index (χ3n) is 3.49. The van der Waals surface area contributed by atoms with Crippen LogP contribution in [0.1, 0.15) is 44.4 Å². The van der Waals surface area contributed by atoms with Gasteiger partial charge in [0.05, 0.1) is 12.8 Å². The maximum atomic E-state index is 5.41. The first-order valence-electron chi connectivity index (χ1n) is 5.83. The van der Waals surface area contributed by atoms with E-state index in [0.29, 0.717) is 11.5 Å². The lowest BCUT2D eigenvalue weighted by Gasteiger charge is -2.17. The molecule has 0 aromatic carbocycles. The Morgan fingerprint density at radius 1 is 1.53 bits per heavy atom. The Balaban J connectivity index is 1.83. The largest absolute Gasteiger partial charge is 0.468 e. The molecule has 1 heterocycles. The van der Waals surface area contributed by atoms with Crippen LogP contribution in [0.5, 0.6) is 0 Å². The maximum absolute atomic E-state index is 5.41. The zero-order chi connectivity index (χ0) is 10.9. The fraction of sp³-hybridized carbons (Fsp3) is 0.692. The minimum Gasteiger partial charge on any atom is -0.468 e. The van der Waals surface area contributed by atoms with Crippen molar-refractivity contribution in [2.75, 3.05) is 0 Å². The van der Waals surface area contributed by atoms with E-state index in [1.54, 1.807) is 6.26 Å². The lowest BCUT2D eigenvalue weighted by Crippen LogP contribution is -2.26. The number of rotatable bonds is 3. The summed E-state index contributed by atoms with van der Waals surface area (Å²) in [4.78, 5) is 0. The van der Waals surface area contributed by atoms with Crippen molar-refractivity contribution < 1.29 is 4.42 Å². The van der Waals surface area contributed by atoms with Crippen LogP contribution in [0, 0.1) is 12.3 Å². The number of nitrogens with one attached hydrogen (secondary N) is 1. The highest BCUT2D eigenvalue weighted by molar-refractivity contribution is 5.14. The summed E-state index contributed by atoms with van der Waals surface area (Å²) in [5, 5.41) is 3.59. The Labute approximate surface area is 92.1 Å². The molecule has 1 aromatic heterocycles. The van der Waals surface area contributed by atoms with Gasteiger partial charge in [-0.05, 0) is 43.2 Å². The maximum Gasteiger partial charge on any atom is 0.120 e. The van der Waals surface area contributed by atoms with E-state index in [9.17, 15) is 0 Å². The smallest absolute Gasteiger partial charge is 0.120 e. The quantitative estimate of drug-likeness (QED) is 0.823. The van der Waals surface area contributed by atoms with E-state index in [0.717, 1.165) is 12.3 Å². The molecule has 1 aliphatic rings. The normalized spacial score (nSPS) is 24.6. The molecule has 1 fully saturated rings. The number of aryl methyl sites for hydroxylation is 1. The van der Waals surface area contributed by atoms with Gasteiger partial charge in [-0.2, -0.15) is 0 Å². The van der Waals surface area contributed by atoms with Crippen molar-refractivity contribution in [1.82, 2.24) is 5.32 Å². The molecule has 1 aliphatic carbocycles. The average Bonchev–Trinajstić information content (AvgIpc) is 2.69. The van der Waals surface area contributed by atoms with Crippen molar-refractivity contribution >= 4 is 0 Å². The van der Waals surface area contributed by atoms with Crippen LogP contribution in [0.2, 0.25) is 0 Å². The predicted octanol–water partition coefficient (Wildman–Crippen LogP) is 3.26. The second-order valence-electron chi connectivity index (χ2n) is 5.51. The molecular formula is C13H21NO. The minimum absolute atomic E-state index is 0.524. The first kappa shape index (κ1) is 10.7. The van der Waals surface area contributed by atoms with Gasteiger partial charge in [-0.25, -0.2) is 0 Å². The van der Waals surface area contributed by atoms with Crippen molar-refractivity contribution in [3.63, 3.8) is 0 Å². The van der Waals surface area contributed by atoms with Gasteiger partial charge in [-0.15, -0.1) is 0 Å². The molecule has 1 saturated carbocycles. The Kier molecular flexibility index (Phi) is 2.87. The van der Waals surface area contributed by atoms with Gasteiger partial charge in [-0.3, -0.25) is 0 Å². The Bertz CT molecular complexity index is 327. The summed E-state index contributed by atoms with van der Waals surface area (Å²) in [6.07, 6.45) is 5.69. The summed E-state index contributed by atoms with van der Waals surface area (Å²) in [6, 6.07) is 2.69. The van der Waals surface area contributed by atoms with E-state index < -0.39 is 0 Å². The third-order valence-corrected chi connectivity index (χ3v) is 3.49. The summed E-state index contributed by atoms with van der Waals surface area (Å²) in [7, 11) is 0. The van der Waals surface area contributed by atoms with Crippen LogP contribution in [-0.2, 0) is 6.54 Å². The summed E-state index contributed by atoms with van der Waals surface area (Å²) < 4.78 is 5.41. The highest BCUT2D eigenvalue weighted by Gasteiger charge is 2.30. The first-order chi connectivity index (χ1) is 7.07. The highest BCUT2D eigenvalue weighted by atomic mass is 16.3. The Morgan fingerprint density at radius 2 is 2.33 bits per heavy atom. The summed E-state index contributed by atoms with van der Waals surface area (Å²) in [5.74, 6) is 1.08. The van der Waals surface area contributed by atoms with Crippen molar-refractivity contribution in [2.24, 2.45) is 5.41 Å². The molecule has 2 heteroatoms. The van der Waals surface area contributed by atoms with E-state index in [-0.39, 0.29) is 0 Å². The summed E-state index contributed by atoms with van der Waals surface area (Å²) in [6.45, 7) is 7.68. The van der Waals surface area contributed by atoms with Crippen molar-refractivity contribution in [3.8, 4) is 0 Å². The molecule has 0 amide bonds. The SMILES string of the molecule is Cc1ccoc1CNC1CCC(C)(C)C1. The van der Waals surface area contributed by atoms with Gasteiger partial charge < -0.3 is 9.73 Å². The molecule has 0 aliphatic heterocycles. The van der Waals surface area contributed by atoms with E-state index in [1.165, 1.54) is 24.8 Å². The van der Waals surface area contributed by atoms with Crippen LogP contribution >= 0.6 is 0 Å². The van der Waals surface area contributed by atoms with Crippen molar-refractivity contribution in [2.45, 2.75) is 52.6 Å². The molecule has 15 heavy (non-hydrogen) atoms. The zero-order valence-corrected chi connectivity index (χ0v) is 9.97. The number of hydrogen-bond donors (Lipinski definition) is 1. The molecule has 0 spiro atoms. The lowest BCUT2D eigenvalue weighted by atomic mass is 9.92. The molecular weight excluding hydrogens is 186 g/mol. The number of hydrogen-bond acceptors (Lipinski definition) is 2. The van der Waals surface area contributed by atoms with E-state index >= 15 is 0 Å². The van der Waals surface area contributed by atoms with E-state index in [2.05, 4.69) is 26.1 Å².